The van der Waals surface area contributed by atoms with Gasteiger partial charge >= 0.3 is 0 Å². The molecule has 0 aliphatic carbocycles. The fraction of sp³-hybridized carbons (Fsp3) is 0.118. The lowest BCUT2D eigenvalue weighted by molar-refractivity contribution is -0.121. The Kier molecular flexibility index (Phi) is 4.80. The van der Waals surface area contributed by atoms with Gasteiger partial charge in [0.05, 0.1) is 5.69 Å². The molecule has 2 aromatic rings. The first-order valence-electron chi connectivity index (χ1n) is 7.26. The number of phenols is 1. The lowest BCUT2D eigenvalue weighted by Gasteiger charge is -2.09. The second kappa shape index (κ2) is 7.02. The van der Waals surface area contributed by atoms with E-state index in [1.807, 2.05) is 0 Å². The van der Waals surface area contributed by atoms with Crippen molar-refractivity contribution in [2.75, 3.05) is 5.32 Å². The van der Waals surface area contributed by atoms with Crippen LogP contribution in [0.4, 0.5) is 14.5 Å². The number of carbonyl (C=O) groups excluding carboxylic acids is 2. The maximum absolute atomic E-state index is 13.5. The molecule has 0 saturated carbocycles. The molecule has 0 aromatic heterocycles. The maximum atomic E-state index is 13.5. The van der Waals surface area contributed by atoms with Crippen LogP contribution in [0.5, 0.6) is 5.75 Å². The van der Waals surface area contributed by atoms with Crippen LogP contribution in [-0.4, -0.2) is 27.2 Å². The zero-order valence-corrected chi connectivity index (χ0v) is 13.5. The predicted octanol–water partition coefficient (Wildman–Crippen LogP) is 3.09. The van der Waals surface area contributed by atoms with E-state index < -0.39 is 28.7 Å². The van der Waals surface area contributed by atoms with Gasteiger partial charge in [0.25, 0.3) is 5.91 Å². The fourth-order valence-corrected chi connectivity index (χ4v) is 3.28. The molecule has 5 nitrogen and oxygen atoms in total. The molecule has 2 N–H and O–H groups in total. The van der Waals surface area contributed by atoms with Gasteiger partial charge in [-0.25, -0.2) is 13.8 Å². The summed E-state index contributed by atoms with van der Waals surface area (Å²) in [6.45, 7) is 0. The summed E-state index contributed by atoms with van der Waals surface area (Å²) in [5.41, 5.74) is 0.505. The number of hydrogen-bond acceptors (Lipinski definition) is 4. The van der Waals surface area contributed by atoms with Gasteiger partial charge in [-0.05, 0) is 36.4 Å². The molecule has 1 aliphatic rings. The Morgan fingerprint density at radius 2 is 1.92 bits per heavy atom. The molecule has 2 aromatic carbocycles. The number of nitrogens with one attached hydrogen (secondary N) is 1. The first-order valence-corrected chi connectivity index (χ1v) is 8.14. The zero-order chi connectivity index (χ0) is 18.0. The van der Waals surface area contributed by atoms with E-state index in [1.54, 1.807) is 12.1 Å². The van der Waals surface area contributed by atoms with Gasteiger partial charge in [0.1, 0.15) is 27.7 Å². The van der Waals surface area contributed by atoms with E-state index in [2.05, 4.69) is 10.3 Å². The number of phenolic OH excluding ortho intramolecular Hbond substituents is 1. The normalized spacial score (nSPS) is 16.6. The minimum absolute atomic E-state index is 0.0934. The van der Waals surface area contributed by atoms with E-state index in [0.717, 1.165) is 23.9 Å². The number of thioether (sulfide) groups is 1. The summed E-state index contributed by atoms with van der Waals surface area (Å²) in [4.78, 5) is 27.9. The number of hydrogen-bond donors (Lipinski definition) is 2. The highest BCUT2D eigenvalue weighted by atomic mass is 32.2. The van der Waals surface area contributed by atoms with Gasteiger partial charge in [0, 0.05) is 18.1 Å². The number of anilines is 1. The summed E-state index contributed by atoms with van der Waals surface area (Å²) in [6, 6.07) is 8.98. The molecule has 0 bridgehead atoms. The van der Waals surface area contributed by atoms with Crippen molar-refractivity contribution in [2.24, 2.45) is 4.99 Å². The fourth-order valence-electron chi connectivity index (χ4n) is 2.21. The highest BCUT2D eigenvalue weighted by Crippen LogP contribution is 2.30. The van der Waals surface area contributed by atoms with Crippen molar-refractivity contribution in [3.8, 4) is 5.75 Å². The molecule has 128 valence electrons. The quantitative estimate of drug-likeness (QED) is 0.876. The molecule has 8 heteroatoms. The third kappa shape index (κ3) is 4.03. The molecule has 0 radical (unpaired) electrons. The molecule has 1 atom stereocenters. The lowest BCUT2D eigenvalue weighted by Crippen LogP contribution is -2.21. The Hall–Kier alpha value is -2.74. The number of carbonyl (C=O) groups is 2. The van der Waals surface area contributed by atoms with E-state index in [1.165, 1.54) is 12.1 Å². The zero-order valence-electron chi connectivity index (χ0n) is 12.7. The summed E-state index contributed by atoms with van der Waals surface area (Å²) in [7, 11) is 0. The van der Waals surface area contributed by atoms with E-state index in [-0.39, 0.29) is 17.9 Å². The standard InChI is InChI=1S/C17H12F2N2O3S/c18-10-3-6-13(12(19)7-10)20-15(23)8-14-16(24)21-17(25-14)9-1-4-11(22)5-2-9/h1-7,14,22H,8H2,(H,20,23)/t14-/m1/s1. The number of nitrogens with zero attached hydrogens (tertiary/aromatic N) is 1. The van der Waals surface area contributed by atoms with Crippen LogP contribution >= 0.6 is 11.8 Å². The van der Waals surface area contributed by atoms with Crippen molar-refractivity contribution in [3.63, 3.8) is 0 Å². The van der Waals surface area contributed by atoms with Gasteiger partial charge in [0.15, 0.2) is 0 Å². The van der Waals surface area contributed by atoms with Crippen LogP contribution in [-0.2, 0) is 9.59 Å². The number of benzene rings is 2. The van der Waals surface area contributed by atoms with E-state index >= 15 is 0 Å². The van der Waals surface area contributed by atoms with Crippen molar-refractivity contribution < 1.29 is 23.5 Å². The minimum Gasteiger partial charge on any atom is -0.508 e. The highest BCUT2D eigenvalue weighted by Gasteiger charge is 2.31. The van der Waals surface area contributed by atoms with Gasteiger partial charge in [-0.1, -0.05) is 11.8 Å². The second-order valence-electron chi connectivity index (χ2n) is 5.29. The summed E-state index contributed by atoms with van der Waals surface area (Å²) in [6.07, 6.45) is -0.189. The first kappa shape index (κ1) is 17.1. The van der Waals surface area contributed by atoms with E-state index in [4.69, 9.17) is 0 Å². The van der Waals surface area contributed by atoms with Crippen molar-refractivity contribution in [1.29, 1.82) is 0 Å². The number of aliphatic imine (C=N–C) groups is 1. The lowest BCUT2D eigenvalue weighted by atomic mass is 10.2. The van der Waals surface area contributed by atoms with Gasteiger partial charge in [0.2, 0.25) is 5.91 Å². The third-order valence-corrected chi connectivity index (χ3v) is 4.63. The van der Waals surface area contributed by atoms with Crippen molar-refractivity contribution in [2.45, 2.75) is 11.7 Å². The van der Waals surface area contributed by atoms with Crippen LogP contribution in [0.3, 0.4) is 0 Å². The SMILES string of the molecule is O=C(C[C@H]1SC(c2ccc(O)cc2)=NC1=O)Nc1ccc(F)cc1F. The Morgan fingerprint density at radius 3 is 2.60 bits per heavy atom. The summed E-state index contributed by atoms with van der Waals surface area (Å²) in [5.74, 6) is -2.57. The van der Waals surface area contributed by atoms with Crippen LogP contribution < -0.4 is 5.32 Å². The van der Waals surface area contributed by atoms with Gasteiger partial charge in [-0.3, -0.25) is 9.59 Å². The number of rotatable bonds is 4. The molecule has 0 saturated heterocycles. The van der Waals surface area contributed by atoms with Crippen LogP contribution in [0.1, 0.15) is 12.0 Å². The van der Waals surface area contributed by atoms with Crippen LogP contribution in [0.15, 0.2) is 47.5 Å². The summed E-state index contributed by atoms with van der Waals surface area (Å²) >= 11 is 1.13. The van der Waals surface area contributed by atoms with Gasteiger partial charge < -0.3 is 10.4 Å². The van der Waals surface area contributed by atoms with Gasteiger partial charge in [-0.15, -0.1) is 0 Å². The first-order chi connectivity index (χ1) is 11.9. The minimum atomic E-state index is -0.889. The van der Waals surface area contributed by atoms with Crippen molar-refractivity contribution in [1.82, 2.24) is 0 Å². The summed E-state index contributed by atoms with van der Waals surface area (Å²) in [5, 5.41) is 11.3. The van der Waals surface area contributed by atoms with E-state index in [0.29, 0.717) is 16.7 Å². The van der Waals surface area contributed by atoms with Crippen molar-refractivity contribution >= 4 is 34.3 Å². The van der Waals surface area contributed by atoms with Crippen LogP contribution in [0, 0.1) is 11.6 Å². The molecule has 3 rings (SSSR count). The topological polar surface area (TPSA) is 78.8 Å². The Balaban J connectivity index is 1.63. The average molecular weight is 362 g/mol. The average Bonchev–Trinajstić information content (AvgIpc) is 2.91. The van der Waals surface area contributed by atoms with Crippen molar-refractivity contribution in [3.05, 3.63) is 59.7 Å². The second-order valence-corrected chi connectivity index (χ2v) is 6.48. The smallest absolute Gasteiger partial charge is 0.260 e. The maximum Gasteiger partial charge on any atom is 0.260 e. The monoisotopic (exact) mass is 362 g/mol. The molecule has 0 fully saturated rings. The molecule has 1 heterocycles. The summed E-state index contributed by atoms with van der Waals surface area (Å²) < 4.78 is 26.4. The number of amides is 2. The number of aromatic hydroxyl groups is 1. The molecule has 1 aliphatic heterocycles. The molecule has 0 unspecified atom stereocenters. The van der Waals surface area contributed by atoms with Crippen LogP contribution in [0.2, 0.25) is 0 Å². The predicted molar refractivity (Wildman–Crippen MR) is 90.6 cm³/mol. The molecular formula is C17H12F2N2O3S. The molecular weight excluding hydrogens is 350 g/mol. The number of halogens is 2. The molecule has 0 spiro atoms. The Morgan fingerprint density at radius 1 is 1.20 bits per heavy atom. The molecule has 25 heavy (non-hydrogen) atoms. The molecule has 2 amide bonds. The highest BCUT2D eigenvalue weighted by molar-refractivity contribution is 8.16. The third-order valence-electron chi connectivity index (χ3n) is 3.43. The van der Waals surface area contributed by atoms with E-state index in [9.17, 15) is 23.5 Å². The van der Waals surface area contributed by atoms with Crippen LogP contribution in [0.25, 0.3) is 0 Å². The Labute approximate surface area is 145 Å². The largest absolute Gasteiger partial charge is 0.508 e. The van der Waals surface area contributed by atoms with Gasteiger partial charge in [-0.2, -0.15) is 0 Å². The Bertz CT molecular complexity index is 869.